The molecule has 0 bridgehead atoms. The number of benzene rings is 1. The van der Waals surface area contributed by atoms with E-state index >= 15 is 0 Å². The minimum Gasteiger partial charge on any atom is -0.481 e. The zero-order valence-corrected chi connectivity index (χ0v) is 13.8. The zero-order valence-electron chi connectivity index (χ0n) is 13.8. The molecule has 118 valence electrons. The first-order chi connectivity index (χ1) is 9.88. The van der Waals surface area contributed by atoms with Gasteiger partial charge in [-0.2, -0.15) is 0 Å². The molecule has 0 spiro atoms. The van der Waals surface area contributed by atoms with Gasteiger partial charge < -0.3 is 15.8 Å². The van der Waals surface area contributed by atoms with Crippen LogP contribution >= 0.6 is 0 Å². The van der Waals surface area contributed by atoms with Crippen LogP contribution in [0.3, 0.4) is 0 Å². The molecule has 1 amide bonds. The van der Waals surface area contributed by atoms with E-state index in [4.69, 9.17) is 10.5 Å². The van der Waals surface area contributed by atoms with Crippen molar-refractivity contribution in [1.29, 1.82) is 0 Å². The highest BCUT2D eigenvalue weighted by Gasteiger charge is 2.19. The van der Waals surface area contributed by atoms with Gasteiger partial charge in [0.05, 0.1) is 0 Å². The van der Waals surface area contributed by atoms with Gasteiger partial charge in [0.25, 0.3) is 5.91 Å². The third-order valence-corrected chi connectivity index (χ3v) is 3.66. The number of hydrogen-bond donors (Lipinski definition) is 2. The van der Waals surface area contributed by atoms with Crippen molar-refractivity contribution in [2.45, 2.75) is 65.6 Å². The van der Waals surface area contributed by atoms with E-state index in [0.29, 0.717) is 5.75 Å². The van der Waals surface area contributed by atoms with Crippen LogP contribution < -0.4 is 15.8 Å². The lowest BCUT2D eigenvalue weighted by Gasteiger charge is -2.21. The molecule has 0 aliphatic carbocycles. The maximum atomic E-state index is 12.2. The van der Waals surface area contributed by atoms with Gasteiger partial charge in [-0.05, 0) is 45.2 Å². The molecule has 0 aromatic heterocycles. The number of rotatable bonds is 7. The van der Waals surface area contributed by atoms with Crippen LogP contribution in [0.25, 0.3) is 0 Å². The Morgan fingerprint density at radius 1 is 1.29 bits per heavy atom. The van der Waals surface area contributed by atoms with E-state index in [2.05, 4.69) is 19.2 Å². The summed E-state index contributed by atoms with van der Waals surface area (Å²) >= 11 is 0. The minimum atomic E-state index is -0.537. The molecule has 1 aromatic rings. The van der Waals surface area contributed by atoms with Crippen LogP contribution in [0.15, 0.2) is 18.2 Å². The number of aryl methyl sites for hydroxylation is 1. The summed E-state index contributed by atoms with van der Waals surface area (Å²) in [4.78, 5) is 12.2. The summed E-state index contributed by atoms with van der Waals surface area (Å²) in [7, 11) is 0. The lowest BCUT2D eigenvalue weighted by atomic mass is 10.1. The fourth-order valence-electron chi connectivity index (χ4n) is 2.18. The van der Waals surface area contributed by atoms with Crippen molar-refractivity contribution in [2.24, 2.45) is 5.73 Å². The van der Waals surface area contributed by atoms with E-state index in [-0.39, 0.29) is 18.0 Å². The van der Waals surface area contributed by atoms with Crippen LogP contribution in [0, 0.1) is 6.92 Å². The Kier molecular flexibility index (Phi) is 6.69. The summed E-state index contributed by atoms with van der Waals surface area (Å²) in [6.07, 6.45) is 1.31. The van der Waals surface area contributed by atoms with Crippen molar-refractivity contribution < 1.29 is 9.53 Å². The third kappa shape index (κ3) is 5.05. The zero-order chi connectivity index (χ0) is 16.0. The molecule has 1 unspecified atom stereocenters. The second-order valence-corrected chi connectivity index (χ2v) is 5.61. The van der Waals surface area contributed by atoms with E-state index in [1.807, 2.05) is 32.0 Å². The predicted molar refractivity (Wildman–Crippen MR) is 86.4 cm³/mol. The molecule has 0 saturated heterocycles. The van der Waals surface area contributed by atoms with Crippen LogP contribution in [0.5, 0.6) is 5.75 Å². The lowest BCUT2D eigenvalue weighted by Crippen LogP contribution is -2.42. The van der Waals surface area contributed by atoms with E-state index in [1.54, 1.807) is 6.92 Å². The van der Waals surface area contributed by atoms with Crippen molar-refractivity contribution >= 4 is 5.91 Å². The van der Waals surface area contributed by atoms with Crippen molar-refractivity contribution in [2.75, 3.05) is 0 Å². The monoisotopic (exact) mass is 292 g/mol. The molecule has 3 N–H and O–H groups in total. The second kappa shape index (κ2) is 8.03. The molecule has 0 saturated carbocycles. The smallest absolute Gasteiger partial charge is 0.260 e. The third-order valence-electron chi connectivity index (χ3n) is 3.66. The van der Waals surface area contributed by atoms with Crippen molar-refractivity contribution in [1.82, 2.24) is 5.32 Å². The number of carbonyl (C=O) groups is 1. The molecule has 1 rings (SSSR count). The second-order valence-electron chi connectivity index (χ2n) is 5.61. The SMILES string of the molecule is CCC(CC)NC(=O)C(C)Oc1cc(C)ccc1[C@@H](C)N. The lowest BCUT2D eigenvalue weighted by molar-refractivity contribution is -0.128. The normalized spacial score (nSPS) is 13.9. The highest BCUT2D eigenvalue weighted by Crippen LogP contribution is 2.26. The Morgan fingerprint density at radius 2 is 1.90 bits per heavy atom. The van der Waals surface area contributed by atoms with Crippen LogP contribution in [-0.4, -0.2) is 18.1 Å². The summed E-state index contributed by atoms with van der Waals surface area (Å²) in [5.41, 5.74) is 7.96. The molecule has 4 nitrogen and oxygen atoms in total. The Labute approximate surface area is 128 Å². The number of hydrogen-bond acceptors (Lipinski definition) is 3. The first kappa shape index (κ1) is 17.5. The number of nitrogens with two attached hydrogens (primary N) is 1. The van der Waals surface area contributed by atoms with Gasteiger partial charge in [0.1, 0.15) is 5.75 Å². The topological polar surface area (TPSA) is 64.3 Å². The van der Waals surface area contributed by atoms with Crippen LogP contribution in [0.4, 0.5) is 0 Å². The molecule has 0 heterocycles. The Balaban J connectivity index is 2.80. The van der Waals surface area contributed by atoms with Crippen molar-refractivity contribution in [3.63, 3.8) is 0 Å². The van der Waals surface area contributed by atoms with Crippen molar-refractivity contribution in [3.8, 4) is 5.75 Å². The first-order valence-electron chi connectivity index (χ1n) is 7.72. The van der Waals surface area contributed by atoms with Gasteiger partial charge in [-0.1, -0.05) is 26.0 Å². The largest absolute Gasteiger partial charge is 0.481 e. The summed E-state index contributed by atoms with van der Waals surface area (Å²) in [5, 5.41) is 3.00. The quantitative estimate of drug-likeness (QED) is 0.811. The van der Waals surface area contributed by atoms with Crippen LogP contribution in [-0.2, 0) is 4.79 Å². The number of amides is 1. The maximum Gasteiger partial charge on any atom is 0.260 e. The predicted octanol–water partition coefficient (Wildman–Crippen LogP) is 3.09. The number of nitrogens with one attached hydrogen (secondary N) is 1. The van der Waals surface area contributed by atoms with Gasteiger partial charge in [0.15, 0.2) is 6.10 Å². The van der Waals surface area contributed by atoms with Gasteiger partial charge in [0, 0.05) is 17.6 Å². The molecule has 21 heavy (non-hydrogen) atoms. The van der Waals surface area contributed by atoms with Gasteiger partial charge >= 0.3 is 0 Å². The highest BCUT2D eigenvalue weighted by atomic mass is 16.5. The standard InChI is InChI=1S/C17H28N2O2/c1-6-14(7-2)19-17(20)13(5)21-16-10-11(3)8-9-15(16)12(4)18/h8-10,12-14H,6-7,18H2,1-5H3,(H,19,20)/t12-,13?/m1/s1. The summed E-state index contributed by atoms with van der Waals surface area (Å²) in [6.45, 7) is 9.80. The Morgan fingerprint density at radius 3 is 2.43 bits per heavy atom. The number of ether oxygens (including phenoxy) is 1. The van der Waals surface area contributed by atoms with Gasteiger partial charge in [-0.25, -0.2) is 0 Å². The average molecular weight is 292 g/mol. The Bertz CT molecular complexity index is 468. The van der Waals surface area contributed by atoms with Gasteiger partial charge in [0.2, 0.25) is 0 Å². The van der Waals surface area contributed by atoms with Crippen molar-refractivity contribution in [3.05, 3.63) is 29.3 Å². The van der Waals surface area contributed by atoms with E-state index in [0.717, 1.165) is 24.0 Å². The molecule has 2 atom stereocenters. The Hall–Kier alpha value is -1.55. The minimum absolute atomic E-state index is 0.0826. The maximum absolute atomic E-state index is 12.2. The molecular weight excluding hydrogens is 264 g/mol. The summed E-state index contributed by atoms with van der Waals surface area (Å²) in [5.74, 6) is 0.609. The van der Waals surface area contributed by atoms with Gasteiger partial charge in [-0.3, -0.25) is 4.79 Å². The fourth-order valence-corrected chi connectivity index (χ4v) is 2.18. The molecule has 1 aromatic carbocycles. The molecule has 4 heteroatoms. The van der Waals surface area contributed by atoms with Crippen LogP contribution in [0.2, 0.25) is 0 Å². The molecular formula is C17H28N2O2. The van der Waals surface area contributed by atoms with E-state index in [1.165, 1.54) is 0 Å². The highest BCUT2D eigenvalue weighted by molar-refractivity contribution is 5.81. The average Bonchev–Trinajstić information content (AvgIpc) is 2.44. The summed E-state index contributed by atoms with van der Waals surface area (Å²) in [6, 6.07) is 5.96. The molecule has 0 radical (unpaired) electrons. The van der Waals surface area contributed by atoms with E-state index < -0.39 is 6.10 Å². The van der Waals surface area contributed by atoms with Crippen LogP contribution in [0.1, 0.15) is 57.7 Å². The molecule has 0 aliphatic heterocycles. The van der Waals surface area contributed by atoms with E-state index in [9.17, 15) is 4.79 Å². The first-order valence-corrected chi connectivity index (χ1v) is 7.72. The molecule has 0 fully saturated rings. The number of carbonyl (C=O) groups excluding carboxylic acids is 1. The molecule has 0 aliphatic rings. The fraction of sp³-hybridized carbons (Fsp3) is 0.588. The summed E-state index contributed by atoms with van der Waals surface area (Å²) < 4.78 is 5.85. The van der Waals surface area contributed by atoms with Gasteiger partial charge in [-0.15, -0.1) is 0 Å².